The number of carbonyl (C=O) groups excluding carboxylic acids is 3. The Morgan fingerprint density at radius 2 is 1.68 bits per heavy atom. The van der Waals surface area contributed by atoms with Crippen molar-refractivity contribution < 1.29 is 19.6 Å². The molecule has 0 spiro atoms. The van der Waals surface area contributed by atoms with E-state index in [1.54, 1.807) is 6.21 Å². The maximum Gasteiger partial charge on any atom is 0.269 e. The number of hydrogen-bond acceptors (Lipinski definition) is 6. The standard InChI is InChI=1S/C32H52N4O4/c1-6-13-29(32(39)36(40)27(22-34-21-24(4)5)19-25-14-9-7-10-15-25)35(30(37)18-23(2)3)31(38)28(33)20-26-16-11-8-12-17-26/h8,11-12,16-17,22-25,27-29,40H,6-7,9-10,13-15,18-21,33H2,1-5H3/t27-,28-,29-/m0/s1. The van der Waals surface area contributed by atoms with Gasteiger partial charge in [-0.15, -0.1) is 0 Å². The zero-order valence-corrected chi connectivity index (χ0v) is 25.3. The molecule has 0 heterocycles. The van der Waals surface area contributed by atoms with Gasteiger partial charge in [0, 0.05) is 19.2 Å². The summed E-state index contributed by atoms with van der Waals surface area (Å²) in [5.74, 6) is -0.979. The summed E-state index contributed by atoms with van der Waals surface area (Å²) in [6.45, 7) is 10.4. The van der Waals surface area contributed by atoms with Crippen LogP contribution in [0.1, 0.15) is 98.0 Å². The van der Waals surface area contributed by atoms with Gasteiger partial charge < -0.3 is 5.73 Å². The van der Waals surface area contributed by atoms with Crippen LogP contribution in [0, 0.1) is 17.8 Å². The molecule has 40 heavy (non-hydrogen) atoms. The average Bonchev–Trinajstić information content (AvgIpc) is 2.91. The van der Waals surface area contributed by atoms with Gasteiger partial charge in [-0.1, -0.05) is 103 Å². The Hall–Kier alpha value is -2.58. The zero-order chi connectivity index (χ0) is 29.7. The maximum absolute atomic E-state index is 14.0. The van der Waals surface area contributed by atoms with Gasteiger partial charge in [0.1, 0.15) is 6.04 Å². The number of nitrogens with zero attached hydrogens (tertiary/aromatic N) is 3. The lowest BCUT2D eigenvalue weighted by molar-refractivity contribution is -0.181. The van der Waals surface area contributed by atoms with E-state index in [1.807, 2.05) is 51.1 Å². The fourth-order valence-corrected chi connectivity index (χ4v) is 5.37. The molecule has 0 aromatic heterocycles. The van der Waals surface area contributed by atoms with Crippen molar-refractivity contribution in [1.29, 1.82) is 0 Å². The van der Waals surface area contributed by atoms with Gasteiger partial charge in [0.15, 0.2) is 0 Å². The van der Waals surface area contributed by atoms with E-state index in [9.17, 15) is 19.6 Å². The van der Waals surface area contributed by atoms with Crippen LogP contribution in [-0.4, -0.2) is 63.8 Å². The first-order chi connectivity index (χ1) is 19.0. The molecule has 1 aromatic carbocycles. The van der Waals surface area contributed by atoms with Crippen LogP contribution in [0.25, 0.3) is 0 Å². The van der Waals surface area contributed by atoms with E-state index in [-0.39, 0.29) is 25.2 Å². The van der Waals surface area contributed by atoms with Crippen molar-refractivity contribution in [3.05, 3.63) is 35.9 Å². The maximum atomic E-state index is 14.0. The topological polar surface area (TPSA) is 116 Å². The summed E-state index contributed by atoms with van der Waals surface area (Å²) < 4.78 is 0. The van der Waals surface area contributed by atoms with Crippen LogP contribution in [0.15, 0.2) is 35.3 Å². The monoisotopic (exact) mass is 556 g/mol. The number of nitrogens with two attached hydrogens (primary N) is 1. The number of benzene rings is 1. The summed E-state index contributed by atoms with van der Waals surface area (Å²) in [6.07, 6.45) is 9.02. The molecule has 224 valence electrons. The molecule has 3 N–H and O–H groups in total. The van der Waals surface area contributed by atoms with Crippen LogP contribution in [0.4, 0.5) is 0 Å². The minimum absolute atomic E-state index is 0.0158. The van der Waals surface area contributed by atoms with Gasteiger partial charge in [0.2, 0.25) is 11.8 Å². The van der Waals surface area contributed by atoms with Gasteiger partial charge in [0.05, 0.1) is 12.1 Å². The molecule has 0 aliphatic heterocycles. The van der Waals surface area contributed by atoms with Crippen LogP contribution in [0.2, 0.25) is 0 Å². The molecule has 8 nitrogen and oxygen atoms in total. The summed E-state index contributed by atoms with van der Waals surface area (Å²) in [6, 6.07) is 6.63. The highest BCUT2D eigenvalue weighted by atomic mass is 16.5. The lowest BCUT2D eigenvalue weighted by Crippen LogP contribution is -2.58. The van der Waals surface area contributed by atoms with E-state index >= 15 is 0 Å². The largest absolute Gasteiger partial charge is 0.320 e. The molecule has 0 radical (unpaired) electrons. The highest BCUT2D eigenvalue weighted by molar-refractivity contribution is 6.02. The molecule has 3 atom stereocenters. The molecule has 3 amide bonds. The predicted molar refractivity (Wildman–Crippen MR) is 160 cm³/mol. The Bertz CT molecular complexity index is 943. The fourth-order valence-electron chi connectivity index (χ4n) is 5.37. The second kappa shape index (κ2) is 17.3. The molecule has 0 saturated heterocycles. The minimum Gasteiger partial charge on any atom is -0.320 e. The van der Waals surface area contributed by atoms with Gasteiger partial charge in [-0.3, -0.25) is 29.5 Å². The first-order valence-electron chi connectivity index (χ1n) is 15.2. The van der Waals surface area contributed by atoms with Crippen LogP contribution in [0.5, 0.6) is 0 Å². The van der Waals surface area contributed by atoms with Crippen molar-refractivity contribution in [1.82, 2.24) is 9.96 Å². The summed E-state index contributed by atoms with van der Waals surface area (Å²) in [5.41, 5.74) is 7.23. The number of amides is 3. The fraction of sp³-hybridized carbons (Fsp3) is 0.688. The molecule has 1 fully saturated rings. The molecular formula is C32H52N4O4. The van der Waals surface area contributed by atoms with E-state index in [0.29, 0.717) is 31.2 Å². The molecule has 1 aromatic rings. The third kappa shape index (κ3) is 10.8. The number of aliphatic imine (C=N–C) groups is 1. The van der Waals surface area contributed by atoms with E-state index in [2.05, 4.69) is 18.8 Å². The van der Waals surface area contributed by atoms with E-state index < -0.39 is 35.8 Å². The molecule has 2 rings (SSSR count). The van der Waals surface area contributed by atoms with Crippen molar-refractivity contribution in [2.75, 3.05) is 6.54 Å². The number of imide groups is 1. The van der Waals surface area contributed by atoms with Gasteiger partial charge >= 0.3 is 0 Å². The number of hydrogen-bond donors (Lipinski definition) is 2. The minimum atomic E-state index is -1.14. The molecule has 1 saturated carbocycles. The first kappa shape index (κ1) is 33.6. The summed E-state index contributed by atoms with van der Waals surface area (Å²) in [5, 5.41) is 12.1. The lowest BCUT2D eigenvalue weighted by Gasteiger charge is -2.36. The quantitative estimate of drug-likeness (QED) is 0.170. The summed E-state index contributed by atoms with van der Waals surface area (Å²) in [7, 11) is 0. The van der Waals surface area contributed by atoms with E-state index in [0.717, 1.165) is 41.2 Å². The SMILES string of the molecule is CCC[C@@H](C(=O)N(O)[C@H](C=NCC(C)C)CC1CCCCC1)N(C(=O)CC(C)C)C(=O)[C@@H](N)Cc1ccccc1. The van der Waals surface area contributed by atoms with Gasteiger partial charge in [-0.2, -0.15) is 0 Å². The van der Waals surface area contributed by atoms with Crippen molar-refractivity contribution in [2.45, 2.75) is 117 Å². The van der Waals surface area contributed by atoms with Crippen LogP contribution < -0.4 is 5.73 Å². The smallest absolute Gasteiger partial charge is 0.269 e. The first-order valence-corrected chi connectivity index (χ1v) is 15.2. The van der Waals surface area contributed by atoms with E-state index in [1.165, 1.54) is 6.42 Å². The zero-order valence-electron chi connectivity index (χ0n) is 25.3. The van der Waals surface area contributed by atoms with Crippen molar-refractivity contribution in [2.24, 2.45) is 28.5 Å². The molecule has 8 heteroatoms. The molecule has 1 aliphatic carbocycles. The van der Waals surface area contributed by atoms with Crippen molar-refractivity contribution in [3.63, 3.8) is 0 Å². The average molecular weight is 557 g/mol. The Morgan fingerprint density at radius 3 is 2.25 bits per heavy atom. The second-order valence-corrected chi connectivity index (χ2v) is 12.2. The number of rotatable bonds is 15. The Morgan fingerprint density at radius 1 is 1.02 bits per heavy atom. The highest BCUT2D eigenvalue weighted by Gasteiger charge is 2.40. The number of hydroxylamine groups is 2. The number of carbonyl (C=O) groups is 3. The predicted octanol–water partition coefficient (Wildman–Crippen LogP) is 5.41. The summed E-state index contributed by atoms with van der Waals surface area (Å²) in [4.78, 5) is 46.8. The van der Waals surface area contributed by atoms with E-state index in [4.69, 9.17) is 5.73 Å². The molecule has 1 aliphatic rings. The Balaban J connectivity index is 2.37. The van der Waals surface area contributed by atoms with Crippen LogP contribution in [-0.2, 0) is 20.8 Å². The molecule has 0 bridgehead atoms. The normalized spacial score (nSPS) is 16.7. The lowest BCUT2D eigenvalue weighted by atomic mass is 9.85. The van der Waals surface area contributed by atoms with Crippen LogP contribution in [0.3, 0.4) is 0 Å². The molecular weight excluding hydrogens is 504 g/mol. The molecule has 0 unspecified atom stereocenters. The summed E-state index contributed by atoms with van der Waals surface area (Å²) >= 11 is 0. The third-order valence-corrected chi connectivity index (χ3v) is 7.45. The van der Waals surface area contributed by atoms with Crippen molar-refractivity contribution in [3.8, 4) is 0 Å². The van der Waals surface area contributed by atoms with Gasteiger partial charge in [-0.05, 0) is 42.6 Å². The highest BCUT2D eigenvalue weighted by Crippen LogP contribution is 2.29. The van der Waals surface area contributed by atoms with Gasteiger partial charge in [0.25, 0.3) is 5.91 Å². The second-order valence-electron chi connectivity index (χ2n) is 12.2. The third-order valence-electron chi connectivity index (χ3n) is 7.45. The van der Waals surface area contributed by atoms with Gasteiger partial charge in [-0.25, -0.2) is 5.06 Å². The Labute approximate surface area is 241 Å². The van der Waals surface area contributed by atoms with Crippen molar-refractivity contribution >= 4 is 23.9 Å². The Kier molecular flexibility index (Phi) is 14.5. The van der Waals surface area contributed by atoms with Crippen LogP contribution >= 0.6 is 0 Å².